The number of ether oxygens (including phenoxy) is 1. The molecule has 0 bridgehead atoms. The first-order valence-corrected chi connectivity index (χ1v) is 12.2. The molecule has 39 heavy (non-hydrogen) atoms. The highest BCUT2D eigenvalue weighted by molar-refractivity contribution is 6.30. The van der Waals surface area contributed by atoms with Gasteiger partial charge in [-0.05, 0) is 64.9 Å². The molecule has 0 saturated heterocycles. The highest BCUT2D eigenvalue weighted by atomic mass is 35.5. The van der Waals surface area contributed by atoms with Crippen LogP contribution in [0.25, 0.3) is 11.8 Å². The molecule has 0 fully saturated rings. The van der Waals surface area contributed by atoms with Gasteiger partial charge in [-0.1, -0.05) is 41.9 Å². The van der Waals surface area contributed by atoms with Crippen LogP contribution in [0.1, 0.15) is 11.1 Å². The van der Waals surface area contributed by atoms with Gasteiger partial charge in [0.15, 0.2) is 0 Å². The van der Waals surface area contributed by atoms with Crippen LogP contribution >= 0.6 is 11.6 Å². The first-order valence-electron chi connectivity index (χ1n) is 11.8. The molecule has 200 valence electrons. The van der Waals surface area contributed by atoms with E-state index in [1.807, 2.05) is 30.3 Å². The number of amides is 2. The van der Waals surface area contributed by atoms with Crippen LogP contribution in [0, 0.1) is 5.82 Å². The largest absolute Gasteiger partial charge is 0.453 e. The quantitative estimate of drug-likeness (QED) is 0.249. The van der Waals surface area contributed by atoms with Crippen molar-refractivity contribution in [3.05, 3.63) is 101 Å². The fourth-order valence-corrected chi connectivity index (χ4v) is 3.94. The summed E-state index contributed by atoms with van der Waals surface area (Å²) in [6.45, 7) is 0.310. The third kappa shape index (κ3) is 7.86. The Morgan fingerprint density at radius 1 is 1.13 bits per heavy atom. The number of nitrogens with one attached hydrogen (secondary N) is 3. The number of methoxy groups -OCH3 is 1. The number of nitrogens with zero attached hydrogens (tertiary/aromatic N) is 4. The molecule has 2 amide bonds. The van der Waals surface area contributed by atoms with Gasteiger partial charge in [-0.25, -0.2) is 9.18 Å². The second-order valence-corrected chi connectivity index (χ2v) is 8.81. The molecule has 3 aromatic carbocycles. The molecule has 1 aromatic heterocycles. The topological polar surface area (TPSA) is 123 Å². The Balaban J connectivity index is 1.46. The average molecular weight is 550 g/mol. The molecule has 4 aromatic rings. The number of benzene rings is 3. The van der Waals surface area contributed by atoms with Gasteiger partial charge >= 0.3 is 6.09 Å². The molecule has 0 saturated carbocycles. The van der Waals surface area contributed by atoms with Gasteiger partial charge in [0, 0.05) is 28.9 Å². The van der Waals surface area contributed by atoms with Crippen molar-refractivity contribution in [2.45, 2.75) is 12.5 Å². The minimum atomic E-state index is -0.767. The van der Waals surface area contributed by atoms with Gasteiger partial charge in [0.25, 0.3) is 0 Å². The Hall–Kier alpha value is -4.77. The molecule has 0 spiro atoms. The average Bonchev–Trinajstić information content (AvgIpc) is 3.47. The zero-order valence-electron chi connectivity index (χ0n) is 20.8. The molecule has 4 rings (SSSR count). The van der Waals surface area contributed by atoms with Crippen LogP contribution in [-0.2, 0) is 16.0 Å². The molecule has 0 radical (unpaired) electrons. The Bertz CT molecular complexity index is 1450. The minimum absolute atomic E-state index is 0.00580. The molecular weight excluding hydrogens is 525 g/mol. The van der Waals surface area contributed by atoms with E-state index in [1.54, 1.807) is 30.3 Å². The highest BCUT2D eigenvalue weighted by Gasteiger charge is 2.14. The number of aromatic nitrogens is 4. The first kappa shape index (κ1) is 27.3. The van der Waals surface area contributed by atoms with E-state index >= 15 is 0 Å². The highest BCUT2D eigenvalue weighted by Crippen LogP contribution is 2.21. The first-order chi connectivity index (χ1) is 18.9. The molecular formula is C27H25ClFN7O3. The zero-order valence-corrected chi connectivity index (χ0v) is 21.6. The number of carbonyl (C=O) groups is 2. The SMILES string of the molecule is COC(=O)Nc1ccc(NCC(Cc2ccccc2)NC(=O)C=Cc2cc(Cl)ccc2-n2cnnn2)cc1F. The van der Waals surface area contributed by atoms with Gasteiger partial charge < -0.3 is 15.4 Å². The van der Waals surface area contributed by atoms with Crippen LogP contribution in [0.15, 0.2) is 79.1 Å². The van der Waals surface area contributed by atoms with E-state index in [0.717, 1.165) is 5.56 Å². The van der Waals surface area contributed by atoms with Gasteiger partial charge in [-0.15, -0.1) is 5.10 Å². The fraction of sp³-hybridized carbons (Fsp3) is 0.148. The predicted molar refractivity (Wildman–Crippen MR) is 146 cm³/mol. The molecule has 0 aliphatic carbocycles. The maximum atomic E-state index is 14.4. The number of carbonyl (C=O) groups excluding carboxylic acids is 2. The van der Waals surface area contributed by atoms with Gasteiger partial charge in [0.2, 0.25) is 5.91 Å². The van der Waals surface area contributed by atoms with Crippen LogP contribution in [0.3, 0.4) is 0 Å². The minimum Gasteiger partial charge on any atom is -0.453 e. The summed E-state index contributed by atoms with van der Waals surface area (Å²) in [5.74, 6) is -0.957. The summed E-state index contributed by atoms with van der Waals surface area (Å²) in [5.41, 5.74) is 2.81. The van der Waals surface area contributed by atoms with Crippen molar-refractivity contribution in [1.29, 1.82) is 0 Å². The molecule has 1 atom stereocenters. The van der Waals surface area contributed by atoms with Crippen LogP contribution in [0.5, 0.6) is 0 Å². The number of halogens is 2. The lowest BCUT2D eigenvalue weighted by molar-refractivity contribution is -0.117. The molecule has 1 unspecified atom stereocenters. The molecule has 12 heteroatoms. The maximum absolute atomic E-state index is 14.4. The molecule has 1 heterocycles. The maximum Gasteiger partial charge on any atom is 0.411 e. The van der Waals surface area contributed by atoms with Gasteiger partial charge in [-0.3, -0.25) is 10.1 Å². The molecule has 3 N–H and O–H groups in total. The zero-order chi connectivity index (χ0) is 27.6. The van der Waals surface area contributed by atoms with E-state index in [9.17, 15) is 14.0 Å². The summed E-state index contributed by atoms with van der Waals surface area (Å²) in [7, 11) is 1.20. The summed E-state index contributed by atoms with van der Waals surface area (Å²) in [6, 6.07) is 18.8. The third-order valence-electron chi connectivity index (χ3n) is 5.61. The smallest absolute Gasteiger partial charge is 0.411 e. The lowest BCUT2D eigenvalue weighted by Gasteiger charge is -2.20. The Labute approximate surface area is 228 Å². The van der Waals surface area contributed by atoms with Crippen molar-refractivity contribution in [2.75, 3.05) is 24.3 Å². The monoisotopic (exact) mass is 549 g/mol. The summed E-state index contributed by atoms with van der Waals surface area (Å²) >= 11 is 6.16. The number of anilines is 2. The van der Waals surface area contributed by atoms with E-state index in [-0.39, 0.29) is 17.6 Å². The van der Waals surface area contributed by atoms with Crippen molar-refractivity contribution < 1.29 is 18.7 Å². The Morgan fingerprint density at radius 3 is 2.67 bits per heavy atom. The van der Waals surface area contributed by atoms with Crippen molar-refractivity contribution in [2.24, 2.45) is 0 Å². The summed E-state index contributed by atoms with van der Waals surface area (Å²) < 4.78 is 20.4. The fourth-order valence-electron chi connectivity index (χ4n) is 3.76. The van der Waals surface area contributed by atoms with Gasteiger partial charge in [0.05, 0.1) is 24.5 Å². The van der Waals surface area contributed by atoms with Crippen molar-refractivity contribution in [1.82, 2.24) is 25.5 Å². The number of hydrogen-bond acceptors (Lipinski definition) is 7. The summed E-state index contributed by atoms with van der Waals surface area (Å²) in [5, 5.41) is 20.2. The van der Waals surface area contributed by atoms with Crippen LogP contribution in [0.2, 0.25) is 5.02 Å². The van der Waals surface area contributed by atoms with Crippen molar-refractivity contribution in [3.8, 4) is 5.69 Å². The van der Waals surface area contributed by atoms with Crippen LogP contribution < -0.4 is 16.0 Å². The lowest BCUT2D eigenvalue weighted by Crippen LogP contribution is -2.40. The number of rotatable bonds is 10. The second-order valence-electron chi connectivity index (χ2n) is 8.38. The number of hydrogen-bond donors (Lipinski definition) is 3. The van der Waals surface area contributed by atoms with E-state index in [4.69, 9.17) is 11.6 Å². The van der Waals surface area contributed by atoms with Gasteiger partial charge in [-0.2, -0.15) is 4.68 Å². The lowest BCUT2D eigenvalue weighted by atomic mass is 10.1. The van der Waals surface area contributed by atoms with E-state index < -0.39 is 11.9 Å². The predicted octanol–water partition coefficient (Wildman–Crippen LogP) is 4.49. The summed E-state index contributed by atoms with van der Waals surface area (Å²) in [6.07, 6.45) is 4.25. The second kappa shape index (κ2) is 13.2. The third-order valence-corrected chi connectivity index (χ3v) is 5.85. The normalized spacial score (nSPS) is 11.7. The summed E-state index contributed by atoms with van der Waals surface area (Å²) in [4.78, 5) is 24.3. The van der Waals surface area contributed by atoms with Crippen molar-refractivity contribution >= 4 is 41.1 Å². The number of tetrazole rings is 1. The molecule has 10 nitrogen and oxygen atoms in total. The van der Waals surface area contributed by atoms with Crippen LogP contribution in [0.4, 0.5) is 20.6 Å². The van der Waals surface area contributed by atoms with Crippen LogP contribution in [-0.4, -0.2) is 51.9 Å². The Kier molecular flexibility index (Phi) is 9.20. The molecule has 0 aliphatic heterocycles. The van der Waals surface area contributed by atoms with Gasteiger partial charge in [0.1, 0.15) is 12.1 Å². The standard InChI is InChI=1S/C27H25ClFN7O3/c1-39-27(38)33-24-10-9-21(15-23(24)29)30-16-22(13-18-5-3-2-4-6-18)32-26(37)12-7-19-14-20(28)8-11-25(19)36-17-31-34-35-36/h2-12,14-15,17,22,30H,13,16H2,1H3,(H,32,37)(H,33,38). The Morgan fingerprint density at radius 2 is 1.95 bits per heavy atom. The van der Waals surface area contributed by atoms with E-state index in [0.29, 0.717) is 34.9 Å². The molecule has 0 aliphatic rings. The van der Waals surface area contributed by atoms with E-state index in [1.165, 1.54) is 36.3 Å². The van der Waals surface area contributed by atoms with Crippen molar-refractivity contribution in [3.63, 3.8) is 0 Å². The van der Waals surface area contributed by atoms with E-state index in [2.05, 4.69) is 36.2 Å².